The summed E-state index contributed by atoms with van der Waals surface area (Å²) in [5, 5.41) is 0. The lowest BCUT2D eigenvalue weighted by Gasteiger charge is -2.34. The second kappa shape index (κ2) is 8.67. The first-order chi connectivity index (χ1) is 11.1. The summed E-state index contributed by atoms with van der Waals surface area (Å²) in [6.45, 7) is 5.48. The number of rotatable bonds is 6. The summed E-state index contributed by atoms with van der Waals surface area (Å²) in [4.78, 5) is 28.4. The summed E-state index contributed by atoms with van der Waals surface area (Å²) in [7, 11) is 0. The van der Waals surface area contributed by atoms with E-state index < -0.39 is 0 Å². The Kier molecular flexibility index (Phi) is 6.59. The molecule has 1 heterocycles. The largest absolute Gasteiger partial charge is 0.465 e. The molecule has 5 nitrogen and oxygen atoms in total. The maximum atomic E-state index is 12.8. The monoisotopic (exact) mass is 318 g/mol. The maximum absolute atomic E-state index is 12.8. The summed E-state index contributed by atoms with van der Waals surface area (Å²) >= 11 is 0. The molecule has 0 aromatic heterocycles. The smallest absolute Gasteiger partial charge is 0.326 e. The summed E-state index contributed by atoms with van der Waals surface area (Å²) in [5.74, 6) is -0.436. The number of carbonyl (C=O) groups is 2. The zero-order valence-electron chi connectivity index (χ0n) is 14.0. The normalized spacial score (nSPS) is 18.4. The van der Waals surface area contributed by atoms with Crippen molar-refractivity contribution in [3.8, 4) is 0 Å². The Labute approximate surface area is 138 Å². The third-order valence-electron chi connectivity index (χ3n) is 4.24. The first-order valence-corrected chi connectivity index (χ1v) is 8.37. The first kappa shape index (κ1) is 17.5. The van der Waals surface area contributed by atoms with Crippen molar-refractivity contribution in [1.29, 1.82) is 0 Å². The third kappa shape index (κ3) is 5.06. The van der Waals surface area contributed by atoms with Crippen molar-refractivity contribution in [3.63, 3.8) is 0 Å². The molecule has 0 bridgehead atoms. The fourth-order valence-electron chi connectivity index (χ4n) is 2.92. The topological polar surface area (TPSA) is 49.9 Å². The van der Waals surface area contributed by atoms with Gasteiger partial charge in [0.15, 0.2) is 0 Å². The van der Waals surface area contributed by atoms with E-state index in [2.05, 4.69) is 11.8 Å². The summed E-state index contributed by atoms with van der Waals surface area (Å²) in [6.07, 6.45) is 3.47. The van der Waals surface area contributed by atoms with Crippen molar-refractivity contribution in [2.75, 3.05) is 31.1 Å². The van der Waals surface area contributed by atoms with Crippen LogP contribution >= 0.6 is 0 Å². The highest BCUT2D eigenvalue weighted by atomic mass is 16.5. The molecular weight excluding hydrogens is 292 g/mol. The predicted molar refractivity (Wildman–Crippen MR) is 90.3 cm³/mol. The zero-order valence-corrected chi connectivity index (χ0v) is 14.0. The summed E-state index contributed by atoms with van der Waals surface area (Å²) < 4.78 is 5.01. The fourth-order valence-corrected chi connectivity index (χ4v) is 2.92. The van der Waals surface area contributed by atoms with Gasteiger partial charge in [-0.1, -0.05) is 24.6 Å². The minimum atomic E-state index is -0.378. The first-order valence-electron chi connectivity index (χ1n) is 8.37. The van der Waals surface area contributed by atoms with E-state index in [1.165, 1.54) is 11.3 Å². The lowest BCUT2D eigenvalue weighted by Crippen LogP contribution is -2.47. The van der Waals surface area contributed by atoms with E-state index in [1.54, 1.807) is 6.92 Å². The molecule has 1 fully saturated rings. The number of piperidine rings is 1. The van der Waals surface area contributed by atoms with Crippen molar-refractivity contribution < 1.29 is 14.3 Å². The Morgan fingerprint density at radius 3 is 2.65 bits per heavy atom. The van der Waals surface area contributed by atoms with E-state index in [0.717, 1.165) is 25.1 Å². The van der Waals surface area contributed by atoms with Crippen LogP contribution in [0.5, 0.6) is 0 Å². The third-order valence-corrected chi connectivity index (χ3v) is 4.24. The molecule has 1 unspecified atom stereocenters. The number of hydrogen-bond acceptors (Lipinski definition) is 4. The van der Waals surface area contributed by atoms with Gasteiger partial charge in [0.25, 0.3) is 0 Å². The number of anilines is 1. The van der Waals surface area contributed by atoms with Crippen LogP contribution in [0.15, 0.2) is 30.3 Å². The number of esters is 1. The molecule has 0 spiro atoms. The molecule has 1 atom stereocenters. The van der Waals surface area contributed by atoms with E-state index in [9.17, 15) is 9.59 Å². The number of para-hydroxylation sites is 1. The maximum Gasteiger partial charge on any atom is 0.326 e. The fraction of sp³-hybridized carbons (Fsp3) is 0.556. The van der Waals surface area contributed by atoms with E-state index in [1.807, 2.05) is 30.3 Å². The van der Waals surface area contributed by atoms with Crippen LogP contribution in [0.1, 0.15) is 33.1 Å². The highest BCUT2D eigenvalue weighted by Crippen LogP contribution is 2.18. The van der Waals surface area contributed by atoms with Crippen LogP contribution in [0.3, 0.4) is 0 Å². The van der Waals surface area contributed by atoms with Crippen molar-refractivity contribution >= 4 is 17.6 Å². The average Bonchev–Trinajstić information content (AvgIpc) is 2.56. The van der Waals surface area contributed by atoms with Gasteiger partial charge in [-0.05, 0) is 45.4 Å². The quantitative estimate of drug-likeness (QED) is 0.756. The molecule has 23 heavy (non-hydrogen) atoms. The number of nitrogens with zero attached hydrogens (tertiary/aromatic N) is 2. The Morgan fingerprint density at radius 2 is 2.00 bits per heavy atom. The second-order valence-electron chi connectivity index (χ2n) is 5.94. The number of likely N-dealkylation sites (tertiary alicyclic amines) is 1. The Morgan fingerprint density at radius 1 is 1.26 bits per heavy atom. The SMILES string of the molecule is CCOC(=O)CN(C(=O)CN1CCCCC1C)c1ccccc1. The summed E-state index contributed by atoms with van der Waals surface area (Å²) in [6, 6.07) is 9.72. The van der Waals surface area contributed by atoms with Crippen molar-refractivity contribution in [1.82, 2.24) is 4.90 Å². The predicted octanol–water partition coefficient (Wildman–Crippen LogP) is 2.46. The van der Waals surface area contributed by atoms with Gasteiger partial charge in [0.05, 0.1) is 13.2 Å². The van der Waals surface area contributed by atoms with Crippen LogP contribution in [-0.4, -0.2) is 49.1 Å². The van der Waals surface area contributed by atoms with Gasteiger partial charge >= 0.3 is 5.97 Å². The Hall–Kier alpha value is -1.88. The molecule has 5 heteroatoms. The molecule has 0 saturated carbocycles. The highest BCUT2D eigenvalue weighted by Gasteiger charge is 2.25. The lowest BCUT2D eigenvalue weighted by atomic mass is 10.0. The van der Waals surface area contributed by atoms with Crippen LogP contribution in [0.2, 0.25) is 0 Å². The van der Waals surface area contributed by atoms with Gasteiger partial charge in [0.2, 0.25) is 5.91 Å². The highest BCUT2D eigenvalue weighted by molar-refractivity contribution is 5.98. The van der Waals surface area contributed by atoms with Crippen LogP contribution < -0.4 is 4.90 Å². The number of carbonyl (C=O) groups excluding carboxylic acids is 2. The van der Waals surface area contributed by atoms with E-state index in [-0.39, 0.29) is 18.4 Å². The van der Waals surface area contributed by atoms with E-state index in [0.29, 0.717) is 19.2 Å². The van der Waals surface area contributed by atoms with Gasteiger partial charge in [0.1, 0.15) is 6.54 Å². The molecule has 2 rings (SSSR count). The van der Waals surface area contributed by atoms with Gasteiger partial charge in [-0.25, -0.2) is 0 Å². The lowest BCUT2D eigenvalue weighted by molar-refractivity contribution is -0.142. The molecule has 1 aromatic carbocycles. The minimum Gasteiger partial charge on any atom is -0.465 e. The molecule has 126 valence electrons. The van der Waals surface area contributed by atoms with Gasteiger partial charge in [-0.15, -0.1) is 0 Å². The number of amides is 1. The van der Waals surface area contributed by atoms with Crippen LogP contribution in [-0.2, 0) is 14.3 Å². The molecule has 0 N–H and O–H groups in total. The van der Waals surface area contributed by atoms with E-state index in [4.69, 9.17) is 4.74 Å². The zero-order chi connectivity index (χ0) is 16.7. The standard InChI is InChI=1S/C18H26N2O3/c1-3-23-18(22)14-20(16-10-5-4-6-11-16)17(21)13-19-12-8-7-9-15(19)2/h4-6,10-11,15H,3,7-9,12-14H2,1-2H3. The molecule has 1 amide bonds. The average molecular weight is 318 g/mol. The molecule has 1 saturated heterocycles. The van der Waals surface area contributed by atoms with Crippen LogP contribution in [0, 0.1) is 0 Å². The molecule has 1 aliphatic rings. The van der Waals surface area contributed by atoms with Crippen molar-refractivity contribution in [2.24, 2.45) is 0 Å². The molecule has 1 aliphatic heterocycles. The number of hydrogen-bond donors (Lipinski definition) is 0. The number of benzene rings is 1. The number of ether oxygens (including phenoxy) is 1. The van der Waals surface area contributed by atoms with Gasteiger partial charge in [-0.2, -0.15) is 0 Å². The minimum absolute atomic E-state index is 0.0428. The van der Waals surface area contributed by atoms with Gasteiger partial charge in [-0.3, -0.25) is 14.5 Å². The molecule has 1 aromatic rings. The van der Waals surface area contributed by atoms with Crippen LogP contribution in [0.25, 0.3) is 0 Å². The second-order valence-corrected chi connectivity index (χ2v) is 5.94. The molecular formula is C18H26N2O3. The molecule has 0 radical (unpaired) electrons. The summed E-state index contributed by atoms with van der Waals surface area (Å²) in [5.41, 5.74) is 0.732. The Bertz CT molecular complexity index is 518. The molecule has 0 aliphatic carbocycles. The van der Waals surface area contributed by atoms with Crippen LogP contribution in [0.4, 0.5) is 5.69 Å². The van der Waals surface area contributed by atoms with Crippen molar-refractivity contribution in [2.45, 2.75) is 39.2 Å². The van der Waals surface area contributed by atoms with Gasteiger partial charge < -0.3 is 9.64 Å². The Balaban J connectivity index is 2.09. The van der Waals surface area contributed by atoms with Gasteiger partial charge in [0, 0.05) is 11.7 Å². The van der Waals surface area contributed by atoms with Crippen molar-refractivity contribution in [3.05, 3.63) is 30.3 Å². The van der Waals surface area contributed by atoms with E-state index >= 15 is 0 Å².